The van der Waals surface area contributed by atoms with Gasteiger partial charge in [0.15, 0.2) is 0 Å². The third-order valence-electron chi connectivity index (χ3n) is 4.08. The lowest BCUT2D eigenvalue weighted by molar-refractivity contribution is -0.117. The van der Waals surface area contributed by atoms with E-state index in [4.69, 9.17) is 46.4 Å². The first-order valence-corrected chi connectivity index (χ1v) is 10.2. The molecule has 160 valence electrons. The van der Waals surface area contributed by atoms with Crippen molar-refractivity contribution < 1.29 is 14.4 Å². The molecule has 0 saturated carbocycles. The van der Waals surface area contributed by atoms with E-state index in [1.54, 1.807) is 13.0 Å². The van der Waals surface area contributed by atoms with E-state index in [1.807, 2.05) is 0 Å². The SMILES string of the molecule is C=C(C)C(=O)Nc1ccc(Cl)c(C(=O)NC2=NN(c3c(Cl)cc(Cl)cc3Cl)C(=O)C2)c1. The van der Waals surface area contributed by atoms with Crippen molar-refractivity contribution in [1.82, 2.24) is 5.32 Å². The molecule has 1 aliphatic heterocycles. The zero-order valence-electron chi connectivity index (χ0n) is 15.9. The monoisotopic (exact) mass is 498 g/mol. The summed E-state index contributed by atoms with van der Waals surface area (Å²) in [6.07, 6.45) is -0.190. The fourth-order valence-corrected chi connectivity index (χ4v) is 3.80. The van der Waals surface area contributed by atoms with Gasteiger partial charge >= 0.3 is 0 Å². The fraction of sp³-hybridized carbons (Fsp3) is 0.100. The second kappa shape index (κ2) is 9.28. The van der Waals surface area contributed by atoms with E-state index in [0.29, 0.717) is 16.3 Å². The average Bonchev–Trinajstić information content (AvgIpc) is 3.02. The molecule has 1 heterocycles. The minimum Gasteiger partial charge on any atom is -0.322 e. The highest BCUT2D eigenvalue weighted by atomic mass is 35.5. The van der Waals surface area contributed by atoms with E-state index in [1.165, 1.54) is 24.3 Å². The Bertz CT molecular complexity index is 1140. The van der Waals surface area contributed by atoms with Crippen LogP contribution in [0.25, 0.3) is 0 Å². The van der Waals surface area contributed by atoms with E-state index in [0.717, 1.165) is 5.01 Å². The van der Waals surface area contributed by atoms with Gasteiger partial charge in [-0.3, -0.25) is 14.4 Å². The van der Waals surface area contributed by atoms with Crippen LogP contribution in [0.4, 0.5) is 11.4 Å². The van der Waals surface area contributed by atoms with E-state index in [-0.39, 0.29) is 38.6 Å². The minimum absolute atomic E-state index is 0.0736. The molecule has 0 atom stereocenters. The van der Waals surface area contributed by atoms with Gasteiger partial charge in [0.2, 0.25) is 0 Å². The Balaban J connectivity index is 1.83. The van der Waals surface area contributed by atoms with Gasteiger partial charge in [-0.05, 0) is 37.3 Å². The summed E-state index contributed by atoms with van der Waals surface area (Å²) < 4.78 is 0. The lowest BCUT2D eigenvalue weighted by Gasteiger charge is -2.15. The normalized spacial score (nSPS) is 13.1. The Morgan fingerprint density at radius 2 is 1.68 bits per heavy atom. The third-order valence-corrected chi connectivity index (χ3v) is 5.21. The zero-order chi connectivity index (χ0) is 22.9. The Morgan fingerprint density at radius 3 is 2.29 bits per heavy atom. The molecular weight excluding hydrogens is 486 g/mol. The summed E-state index contributed by atoms with van der Waals surface area (Å²) in [7, 11) is 0. The Labute approximate surface area is 197 Å². The van der Waals surface area contributed by atoms with Gasteiger partial charge in [0.1, 0.15) is 11.5 Å². The maximum absolute atomic E-state index is 12.7. The fourth-order valence-electron chi connectivity index (χ4n) is 2.62. The van der Waals surface area contributed by atoms with Crippen LogP contribution < -0.4 is 15.6 Å². The topological polar surface area (TPSA) is 90.9 Å². The zero-order valence-corrected chi connectivity index (χ0v) is 19.0. The molecule has 0 aliphatic carbocycles. The van der Waals surface area contributed by atoms with Gasteiger partial charge in [0, 0.05) is 16.3 Å². The number of carbonyl (C=O) groups is 3. The van der Waals surface area contributed by atoms with Gasteiger partial charge < -0.3 is 10.6 Å². The first-order chi connectivity index (χ1) is 14.6. The number of rotatable bonds is 4. The van der Waals surface area contributed by atoms with Crippen LogP contribution in [0.5, 0.6) is 0 Å². The maximum Gasteiger partial charge on any atom is 0.258 e. The van der Waals surface area contributed by atoms with Crippen molar-refractivity contribution in [3.8, 4) is 0 Å². The van der Waals surface area contributed by atoms with E-state index >= 15 is 0 Å². The number of amides is 3. The molecule has 0 fully saturated rings. The van der Waals surface area contributed by atoms with E-state index in [9.17, 15) is 14.4 Å². The van der Waals surface area contributed by atoms with Crippen LogP contribution in [0.2, 0.25) is 20.1 Å². The number of nitrogens with zero attached hydrogens (tertiary/aromatic N) is 2. The highest BCUT2D eigenvalue weighted by Gasteiger charge is 2.30. The van der Waals surface area contributed by atoms with Crippen LogP contribution in [0, 0.1) is 0 Å². The first-order valence-electron chi connectivity index (χ1n) is 8.69. The molecule has 0 bridgehead atoms. The smallest absolute Gasteiger partial charge is 0.258 e. The minimum atomic E-state index is -0.613. The number of hydrogen-bond acceptors (Lipinski definition) is 4. The van der Waals surface area contributed by atoms with E-state index < -0.39 is 17.7 Å². The number of carbonyl (C=O) groups excluding carboxylic acids is 3. The van der Waals surface area contributed by atoms with Crippen molar-refractivity contribution in [2.75, 3.05) is 10.3 Å². The molecule has 3 rings (SSSR count). The van der Waals surface area contributed by atoms with Crippen LogP contribution in [0.15, 0.2) is 47.6 Å². The van der Waals surface area contributed by atoms with Crippen LogP contribution in [0.1, 0.15) is 23.7 Å². The maximum atomic E-state index is 12.7. The summed E-state index contributed by atoms with van der Waals surface area (Å²) in [6.45, 7) is 5.11. The van der Waals surface area contributed by atoms with Crippen LogP contribution >= 0.6 is 46.4 Å². The van der Waals surface area contributed by atoms with Crippen molar-refractivity contribution in [3.05, 3.63) is 68.1 Å². The summed E-state index contributed by atoms with van der Waals surface area (Å²) in [4.78, 5) is 36.9. The number of anilines is 2. The molecule has 0 spiro atoms. The second-order valence-corrected chi connectivity index (χ2v) is 8.19. The molecule has 2 N–H and O–H groups in total. The lowest BCUT2D eigenvalue weighted by Crippen LogP contribution is -2.30. The Hall–Kier alpha value is -2.58. The van der Waals surface area contributed by atoms with Crippen LogP contribution in [0.3, 0.4) is 0 Å². The summed E-state index contributed by atoms with van der Waals surface area (Å²) in [5, 5.41) is 11.0. The molecule has 0 radical (unpaired) electrons. The van der Waals surface area contributed by atoms with Crippen molar-refractivity contribution in [3.63, 3.8) is 0 Å². The van der Waals surface area contributed by atoms with Crippen molar-refractivity contribution in [1.29, 1.82) is 0 Å². The van der Waals surface area contributed by atoms with Crippen molar-refractivity contribution in [2.45, 2.75) is 13.3 Å². The molecule has 7 nitrogen and oxygen atoms in total. The molecule has 0 aromatic heterocycles. The lowest BCUT2D eigenvalue weighted by atomic mass is 10.1. The summed E-state index contributed by atoms with van der Waals surface area (Å²) in [6, 6.07) is 7.26. The van der Waals surface area contributed by atoms with Gasteiger partial charge in [-0.25, -0.2) is 0 Å². The van der Waals surface area contributed by atoms with Crippen LogP contribution in [-0.4, -0.2) is 23.6 Å². The van der Waals surface area contributed by atoms with Gasteiger partial charge in [-0.1, -0.05) is 53.0 Å². The number of hydrazone groups is 1. The number of hydrogen-bond donors (Lipinski definition) is 2. The molecule has 2 aromatic carbocycles. The number of halogens is 4. The summed E-state index contributed by atoms with van der Waals surface area (Å²) in [5.41, 5.74) is 0.898. The number of amidine groups is 1. The second-order valence-electron chi connectivity index (χ2n) is 6.53. The summed E-state index contributed by atoms with van der Waals surface area (Å²) >= 11 is 24.3. The molecule has 11 heteroatoms. The quantitative estimate of drug-likeness (QED) is 0.559. The van der Waals surface area contributed by atoms with Gasteiger partial charge in [-0.2, -0.15) is 10.1 Å². The predicted molar refractivity (Wildman–Crippen MR) is 123 cm³/mol. The van der Waals surface area contributed by atoms with Crippen molar-refractivity contribution >= 4 is 81.3 Å². The van der Waals surface area contributed by atoms with Gasteiger partial charge in [-0.15, -0.1) is 0 Å². The average molecular weight is 500 g/mol. The molecular formula is C20H14Cl4N4O3. The van der Waals surface area contributed by atoms with E-state index in [2.05, 4.69) is 22.3 Å². The molecule has 31 heavy (non-hydrogen) atoms. The molecule has 2 aromatic rings. The predicted octanol–water partition coefficient (Wildman–Crippen LogP) is 5.30. The Kier molecular flexibility index (Phi) is 6.91. The van der Waals surface area contributed by atoms with Gasteiger partial charge in [0.25, 0.3) is 17.7 Å². The van der Waals surface area contributed by atoms with Crippen molar-refractivity contribution in [2.24, 2.45) is 5.10 Å². The molecule has 1 aliphatic rings. The standard InChI is InChI=1S/C20H14Cl4N4O3/c1-9(2)19(30)25-11-3-4-13(22)12(7-11)20(31)26-16-8-17(29)28(27-16)18-14(23)5-10(21)6-15(18)24/h3-7H,1,8H2,2H3,(H,25,30)(H,26,27,31). The molecule has 3 amide bonds. The molecule has 0 saturated heterocycles. The number of nitrogens with one attached hydrogen (secondary N) is 2. The number of benzene rings is 2. The highest BCUT2D eigenvalue weighted by Crippen LogP contribution is 2.38. The molecule has 0 unspecified atom stereocenters. The van der Waals surface area contributed by atoms with Crippen LogP contribution in [-0.2, 0) is 9.59 Å². The summed E-state index contributed by atoms with van der Waals surface area (Å²) in [5.74, 6) is -1.38. The highest BCUT2D eigenvalue weighted by molar-refractivity contribution is 6.42. The first kappa shape index (κ1) is 23.1. The van der Waals surface area contributed by atoms with Gasteiger partial charge in [0.05, 0.1) is 27.1 Å². The largest absolute Gasteiger partial charge is 0.322 e. The Morgan fingerprint density at radius 1 is 1.03 bits per heavy atom. The third kappa shape index (κ3) is 5.19.